The van der Waals surface area contributed by atoms with Crippen molar-refractivity contribution < 1.29 is 9.53 Å². The van der Waals surface area contributed by atoms with Gasteiger partial charge in [-0.15, -0.1) is 0 Å². The summed E-state index contributed by atoms with van der Waals surface area (Å²) in [5.41, 5.74) is 2.08. The first-order chi connectivity index (χ1) is 13.7. The molecule has 1 aliphatic rings. The van der Waals surface area contributed by atoms with Crippen LogP contribution in [0.4, 0.5) is 5.69 Å². The van der Waals surface area contributed by atoms with Gasteiger partial charge in [-0.25, -0.2) is 0 Å². The van der Waals surface area contributed by atoms with E-state index in [1.807, 2.05) is 30.3 Å². The van der Waals surface area contributed by atoms with Gasteiger partial charge in [0.05, 0.1) is 12.3 Å². The molecular formula is C23H28N2O2S. The molecule has 148 valence electrons. The van der Waals surface area contributed by atoms with Gasteiger partial charge < -0.3 is 15.4 Å². The molecule has 2 aromatic rings. The van der Waals surface area contributed by atoms with Crippen molar-refractivity contribution in [1.82, 2.24) is 5.32 Å². The van der Waals surface area contributed by atoms with Crippen molar-refractivity contribution in [2.24, 2.45) is 5.92 Å². The van der Waals surface area contributed by atoms with Gasteiger partial charge >= 0.3 is 0 Å². The highest BCUT2D eigenvalue weighted by atomic mass is 32.1. The number of carbonyl (C=O) groups excluding carboxylic acids is 1. The van der Waals surface area contributed by atoms with E-state index in [1.165, 1.54) is 12.0 Å². The fourth-order valence-corrected chi connectivity index (χ4v) is 3.74. The molecular weight excluding hydrogens is 368 g/mol. The maximum absolute atomic E-state index is 12.4. The summed E-state index contributed by atoms with van der Waals surface area (Å²) in [7, 11) is 0. The molecule has 5 heteroatoms. The fraction of sp³-hybridized carbons (Fsp3) is 0.391. The second-order valence-corrected chi connectivity index (χ2v) is 7.62. The van der Waals surface area contributed by atoms with Crippen LogP contribution in [-0.2, 0) is 11.2 Å². The quantitative estimate of drug-likeness (QED) is 0.505. The number of aryl methyl sites for hydroxylation is 1. The number of hydrogen-bond donors (Lipinski definition) is 2. The molecule has 28 heavy (non-hydrogen) atoms. The number of nitrogens with one attached hydrogen (secondary N) is 2. The van der Waals surface area contributed by atoms with Crippen LogP contribution in [0.25, 0.3) is 0 Å². The Morgan fingerprint density at radius 3 is 2.50 bits per heavy atom. The molecule has 1 fully saturated rings. The van der Waals surface area contributed by atoms with Gasteiger partial charge in [-0.1, -0.05) is 61.7 Å². The number of anilines is 1. The molecule has 0 unspecified atom stereocenters. The molecule has 3 rings (SSSR count). The topological polar surface area (TPSA) is 50.4 Å². The third-order valence-electron chi connectivity index (χ3n) is 5.06. The Labute approximate surface area is 172 Å². The molecule has 0 atom stereocenters. The van der Waals surface area contributed by atoms with Crippen LogP contribution in [0.5, 0.6) is 5.75 Å². The molecule has 1 amide bonds. The number of thiocarbonyl (C=S) groups is 1. The Morgan fingerprint density at radius 2 is 1.71 bits per heavy atom. The Kier molecular flexibility index (Phi) is 7.85. The minimum absolute atomic E-state index is 0.0264. The molecule has 0 spiro atoms. The molecule has 0 bridgehead atoms. The summed E-state index contributed by atoms with van der Waals surface area (Å²) >= 11 is 5.34. The molecule has 4 nitrogen and oxygen atoms in total. The van der Waals surface area contributed by atoms with E-state index >= 15 is 0 Å². The Bertz CT molecular complexity index is 773. The number of amides is 1. The Balaban J connectivity index is 1.47. The van der Waals surface area contributed by atoms with Gasteiger partial charge in [-0.2, -0.15) is 0 Å². The second kappa shape index (κ2) is 10.8. The van der Waals surface area contributed by atoms with Crippen LogP contribution in [0.3, 0.4) is 0 Å². The summed E-state index contributed by atoms with van der Waals surface area (Å²) in [5.74, 6) is 0.848. The maximum atomic E-state index is 12.4. The summed E-state index contributed by atoms with van der Waals surface area (Å²) < 4.78 is 5.95. The van der Waals surface area contributed by atoms with Crippen LogP contribution >= 0.6 is 12.2 Å². The first-order valence-corrected chi connectivity index (χ1v) is 10.5. The van der Waals surface area contributed by atoms with E-state index in [9.17, 15) is 4.79 Å². The van der Waals surface area contributed by atoms with Crippen molar-refractivity contribution in [3.05, 3.63) is 60.2 Å². The average molecular weight is 397 g/mol. The summed E-state index contributed by atoms with van der Waals surface area (Å²) in [5, 5.41) is 6.28. The number of para-hydroxylation sites is 2. The Hall–Kier alpha value is -2.40. The van der Waals surface area contributed by atoms with Crippen molar-refractivity contribution in [1.29, 1.82) is 0 Å². The van der Waals surface area contributed by atoms with Gasteiger partial charge in [-0.05, 0) is 55.6 Å². The van der Waals surface area contributed by atoms with Gasteiger partial charge in [0.25, 0.3) is 0 Å². The van der Waals surface area contributed by atoms with Crippen molar-refractivity contribution in [3.8, 4) is 5.75 Å². The smallest absolute Gasteiger partial charge is 0.229 e. The Morgan fingerprint density at radius 1 is 1.00 bits per heavy atom. The van der Waals surface area contributed by atoms with Gasteiger partial charge in [-0.3, -0.25) is 4.79 Å². The summed E-state index contributed by atoms with van der Waals surface area (Å²) in [6.45, 7) is 0.620. The van der Waals surface area contributed by atoms with E-state index in [0.717, 1.165) is 50.0 Å². The molecule has 0 saturated heterocycles. The number of benzene rings is 2. The van der Waals surface area contributed by atoms with Crippen LogP contribution in [0.2, 0.25) is 0 Å². The van der Waals surface area contributed by atoms with Crippen LogP contribution in [0.1, 0.15) is 44.1 Å². The molecule has 2 N–H and O–H groups in total. The molecule has 0 radical (unpaired) electrons. The van der Waals surface area contributed by atoms with Crippen molar-refractivity contribution in [2.45, 2.75) is 44.9 Å². The summed E-state index contributed by atoms with van der Waals surface area (Å²) in [4.78, 5) is 12.4. The summed E-state index contributed by atoms with van der Waals surface area (Å²) in [6, 6.07) is 18.1. The van der Waals surface area contributed by atoms with E-state index in [-0.39, 0.29) is 11.8 Å². The zero-order valence-electron chi connectivity index (χ0n) is 16.2. The lowest BCUT2D eigenvalue weighted by Crippen LogP contribution is -2.39. The molecule has 1 saturated carbocycles. The number of hydrogen-bond acceptors (Lipinski definition) is 3. The lowest BCUT2D eigenvalue weighted by Gasteiger charge is -2.21. The van der Waals surface area contributed by atoms with Gasteiger partial charge in [0.2, 0.25) is 5.91 Å². The highest BCUT2D eigenvalue weighted by Crippen LogP contribution is 2.25. The lowest BCUT2D eigenvalue weighted by molar-refractivity contribution is -0.124. The first kappa shape index (κ1) is 20.3. The monoisotopic (exact) mass is 396 g/mol. The van der Waals surface area contributed by atoms with Crippen LogP contribution in [0, 0.1) is 5.92 Å². The third-order valence-corrected chi connectivity index (χ3v) is 5.26. The average Bonchev–Trinajstić information content (AvgIpc) is 2.73. The fourth-order valence-electron chi connectivity index (χ4n) is 3.53. The zero-order valence-corrected chi connectivity index (χ0v) is 17.0. The van der Waals surface area contributed by atoms with Crippen LogP contribution in [0.15, 0.2) is 54.6 Å². The normalized spacial score (nSPS) is 14.3. The minimum Gasteiger partial charge on any atom is -0.491 e. The van der Waals surface area contributed by atoms with Gasteiger partial charge in [0.1, 0.15) is 5.75 Å². The largest absolute Gasteiger partial charge is 0.491 e. The molecule has 1 aliphatic carbocycles. The van der Waals surface area contributed by atoms with Crippen molar-refractivity contribution in [3.63, 3.8) is 0 Å². The zero-order chi connectivity index (χ0) is 19.6. The molecule has 0 aliphatic heterocycles. The predicted molar refractivity (Wildman–Crippen MR) is 118 cm³/mol. The summed E-state index contributed by atoms with van der Waals surface area (Å²) in [6.07, 6.45) is 7.29. The van der Waals surface area contributed by atoms with E-state index in [2.05, 4.69) is 34.9 Å². The highest BCUT2D eigenvalue weighted by Gasteiger charge is 2.21. The molecule has 0 heterocycles. The van der Waals surface area contributed by atoms with E-state index in [4.69, 9.17) is 17.0 Å². The third kappa shape index (κ3) is 6.34. The van der Waals surface area contributed by atoms with E-state index in [0.29, 0.717) is 11.7 Å². The standard InChI is InChI=1S/C23H28N2O2S/c26-22(19-13-5-2-6-14-19)25-23(28)24-20-15-7-8-16-21(20)27-17-9-12-18-10-3-1-4-11-18/h1,3-4,7-8,10-11,15-16,19H,2,5-6,9,12-14,17H2,(H2,24,25,26,28). The van der Waals surface area contributed by atoms with E-state index < -0.39 is 0 Å². The molecule has 2 aromatic carbocycles. The SMILES string of the molecule is O=C(NC(=S)Nc1ccccc1OCCCc1ccccc1)C1CCCCC1. The number of ether oxygens (including phenoxy) is 1. The second-order valence-electron chi connectivity index (χ2n) is 7.21. The number of rotatable bonds is 7. The van der Waals surface area contributed by atoms with Gasteiger partial charge in [0.15, 0.2) is 5.11 Å². The highest BCUT2D eigenvalue weighted by molar-refractivity contribution is 7.80. The van der Waals surface area contributed by atoms with Crippen LogP contribution in [-0.4, -0.2) is 17.6 Å². The van der Waals surface area contributed by atoms with Crippen molar-refractivity contribution in [2.75, 3.05) is 11.9 Å². The minimum atomic E-state index is 0.0264. The molecule has 0 aromatic heterocycles. The predicted octanol–water partition coefficient (Wildman–Crippen LogP) is 5.09. The lowest BCUT2D eigenvalue weighted by atomic mass is 9.89. The first-order valence-electron chi connectivity index (χ1n) is 10.1. The van der Waals surface area contributed by atoms with Crippen molar-refractivity contribution >= 4 is 28.9 Å². The van der Waals surface area contributed by atoms with Gasteiger partial charge in [0, 0.05) is 5.92 Å². The van der Waals surface area contributed by atoms with E-state index in [1.54, 1.807) is 0 Å². The van der Waals surface area contributed by atoms with Crippen LogP contribution < -0.4 is 15.4 Å². The number of carbonyl (C=O) groups is 1. The maximum Gasteiger partial charge on any atom is 0.229 e.